The fraction of sp³-hybridized carbons (Fsp3) is 0.600. The second-order valence-corrected chi connectivity index (χ2v) is 6.06. The number of carboxylic acid groups (broad SMARTS) is 1. The fourth-order valence-corrected chi connectivity index (χ4v) is 3.31. The Hall–Kier alpha value is -1.57. The highest BCUT2D eigenvalue weighted by Gasteiger charge is 2.29. The minimum atomic E-state index is -3.86. The first-order valence-electron chi connectivity index (χ1n) is 5.52. The van der Waals surface area contributed by atoms with Crippen LogP contribution in [-0.2, 0) is 19.6 Å². The van der Waals surface area contributed by atoms with E-state index in [1.54, 1.807) is 4.72 Å². The van der Waals surface area contributed by atoms with Gasteiger partial charge < -0.3 is 10.2 Å². The van der Waals surface area contributed by atoms with Gasteiger partial charge >= 0.3 is 5.97 Å². The van der Waals surface area contributed by atoms with Crippen molar-refractivity contribution in [1.82, 2.24) is 4.72 Å². The molecule has 0 saturated heterocycles. The number of carboxylic acids is 1. The Morgan fingerprint density at radius 2 is 1.67 bits per heavy atom. The Morgan fingerprint density at radius 1 is 1.11 bits per heavy atom. The number of hydrogen-bond acceptors (Lipinski definition) is 5. The number of carbonyl (C=O) groups is 2. The number of aliphatic carboxylic acids is 1. The second kappa shape index (κ2) is 5.85. The van der Waals surface area contributed by atoms with Crippen molar-refractivity contribution >= 4 is 21.9 Å². The molecule has 0 spiro atoms. The van der Waals surface area contributed by atoms with Crippen molar-refractivity contribution < 1.29 is 28.2 Å². The van der Waals surface area contributed by atoms with Gasteiger partial charge in [0.2, 0.25) is 10.0 Å². The third-order valence-corrected chi connectivity index (χ3v) is 4.54. The summed E-state index contributed by atoms with van der Waals surface area (Å²) in [6.07, 6.45) is 3.68. The summed E-state index contributed by atoms with van der Waals surface area (Å²) in [5.74, 6) is -3.98. The number of aliphatic hydroxyl groups excluding tert-OH is 1. The minimum absolute atomic E-state index is 0.242. The number of rotatable bonds is 4. The van der Waals surface area contributed by atoms with E-state index in [1.807, 2.05) is 0 Å². The van der Waals surface area contributed by atoms with E-state index in [1.165, 1.54) is 0 Å². The number of carbonyl (C=O) groups excluding carboxylic acids is 1. The van der Waals surface area contributed by atoms with Crippen molar-refractivity contribution in [2.24, 2.45) is 0 Å². The van der Waals surface area contributed by atoms with Gasteiger partial charge in [-0.25, -0.2) is 17.9 Å². The van der Waals surface area contributed by atoms with Crippen molar-refractivity contribution in [3.63, 3.8) is 0 Å². The van der Waals surface area contributed by atoms with E-state index in [0.29, 0.717) is 12.8 Å². The van der Waals surface area contributed by atoms with Crippen LogP contribution >= 0.6 is 0 Å². The molecule has 18 heavy (non-hydrogen) atoms. The van der Waals surface area contributed by atoms with Crippen LogP contribution in [0.15, 0.2) is 11.8 Å². The van der Waals surface area contributed by atoms with Crippen molar-refractivity contribution in [2.45, 2.75) is 37.4 Å². The Labute approximate surface area is 105 Å². The van der Waals surface area contributed by atoms with E-state index < -0.39 is 32.9 Å². The summed E-state index contributed by atoms with van der Waals surface area (Å²) >= 11 is 0. The molecule has 0 atom stereocenters. The maximum absolute atomic E-state index is 11.8. The lowest BCUT2D eigenvalue weighted by Crippen LogP contribution is -2.40. The summed E-state index contributed by atoms with van der Waals surface area (Å²) < 4.78 is 25.2. The molecule has 1 fully saturated rings. The van der Waals surface area contributed by atoms with E-state index in [-0.39, 0.29) is 6.08 Å². The summed E-state index contributed by atoms with van der Waals surface area (Å²) in [4.78, 5) is 21.5. The molecule has 3 N–H and O–H groups in total. The number of amides is 1. The van der Waals surface area contributed by atoms with Crippen molar-refractivity contribution in [1.29, 1.82) is 0 Å². The molecule has 1 aliphatic rings. The maximum atomic E-state index is 11.8. The molecule has 0 aromatic rings. The molecule has 0 bridgehead atoms. The van der Waals surface area contributed by atoms with E-state index in [2.05, 4.69) is 0 Å². The molecule has 1 amide bonds. The summed E-state index contributed by atoms with van der Waals surface area (Å²) in [5, 5.41) is 16.7. The standard InChI is InChI=1S/C10H15NO6S/c12-8(6-9(13)14)10(15)11-18(16,17)7-4-2-1-3-5-7/h6-7,12H,1-5H2,(H,11,15)(H,13,14)/b8-6-. The molecule has 0 radical (unpaired) electrons. The van der Waals surface area contributed by atoms with Crippen LogP contribution < -0.4 is 4.72 Å². The van der Waals surface area contributed by atoms with E-state index in [0.717, 1.165) is 19.3 Å². The molecule has 0 aromatic heterocycles. The zero-order chi connectivity index (χ0) is 13.8. The van der Waals surface area contributed by atoms with Gasteiger partial charge in [-0.15, -0.1) is 0 Å². The minimum Gasteiger partial charge on any atom is -0.503 e. The van der Waals surface area contributed by atoms with E-state index in [9.17, 15) is 18.0 Å². The fourth-order valence-electron chi connectivity index (χ4n) is 1.82. The predicted octanol–water partition coefficient (Wildman–Crippen LogP) is 0.292. The number of sulfonamides is 1. The zero-order valence-corrected chi connectivity index (χ0v) is 10.4. The monoisotopic (exact) mass is 277 g/mol. The molecule has 0 heterocycles. The van der Waals surface area contributed by atoms with Gasteiger partial charge in [0.15, 0.2) is 5.76 Å². The summed E-state index contributed by atoms with van der Waals surface area (Å²) in [5.41, 5.74) is 0. The third-order valence-electron chi connectivity index (χ3n) is 2.72. The highest BCUT2D eigenvalue weighted by Crippen LogP contribution is 2.23. The molecule has 7 nitrogen and oxygen atoms in total. The molecule has 0 unspecified atom stereocenters. The van der Waals surface area contributed by atoms with Crippen LogP contribution in [0.3, 0.4) is 0 Å². The maximum Gasteiger partial charge on any atom is 0.332 e. The average molecular weight is 277 g/mol. The Morgan fingerprint density at radius 3 is 2.17 bits per heavy atom. The van der Waals surface area contributed by atoms with Gasteiger partial charge in [0.1, 0.15) is 0 Å². The lowest BCUT2D eigenvalue weighted by atomic mass is 10.0. The van der Waals surface area contributed by atoms with Gasteiger partial charge in [-0.1, -0.05) is 19.3 Å². The zero-order valence-electron chi connectivity index (χ0n) is 9.63. The molecule has 1 aliphatic carbocycles. The largest absolute Gasteiger partial charge is 0.503 e. The lowest BCUT2D eigenvalue weighted by molar-refractivity contribution is -0.132. The second-order valence-electron chi connectivity index (χ2n) is 4.10. The van der Waals surface area contributed by atoms with Gasteiger partial charge in [0, 0.05) is 0 Å². The number of hydrogen-bond donors (Lipinski definition) is 3. The van der Waals surface area contributed by atoms with Gasteiger partial charge in [0.25, 0.3) is 5.91 Å². The molecule has 0 aliphatic heterocycles. The van der Waals surface area contributed by atoms with Gasteiger partial charge in [-0.2, -0.15) is 0 Å². The van der Waals surface area contributed by atoms with Crippen LogP contribution in [0, 0.1) is 0 Å². The number of aliphatic hydroxyl groups is 1. The quantitative estimate of drug-likeness (QED) is 0.501. The highest BCUT2D eigenvalue weighted by molar-refractivity contribution is 7.90. The van der Waals surface area contributed by atoms with Gasteiger partial charge in [-0.3, -0.25) is 4.79 Å². The topological polar surface area (TPSA) is 121 Å². The third kappa shape index (κ3) is 4.02. The lowest BCUT2D eigenvalue weighted by Gasteiger charge is -2.21. The van der Waals surface area contributed by atoms with Crippen LogP contribution in [0.25, 0.3) is 0 Å². The first kappa shape index (κ1) is 14.5. The number of nitrogens with one attached hydrogen (secondary N) is 1. The predicted molar refractivity (Wildman–Crippen MR) is 62.3 cm³/mol. The molecule has 1 saturated carbocycles. The normalized spacial score (nSPS) is 18.3. The highest BCUT2D eigenvalue weighted by atomic mass is 32.2. The summed E-state index contributed by atoms with van der Waals surface area (Å²) in [6, 6.07) is 0. The van der Waals surface area contributed by atoms with Gasteiger partial charge in [-0.05, 0) is 12.8 Å². The average Bonchev–Trinajstić information content (AvgIpc) is 2.28. The summed E-state index contributed by atoms with van der Waals surface area (Å²) in [6.45, 7) is 0. The molecule has 8 heteroatoms. The van der Waals surface area contributed by atoms with Crippen LogP contribution in [0.4, 0.5) is 0 Å². The molecule has 1 rings (SSSR count). The Bertz CT molecular complexity index is 461. The molecular weight excluding hydrogens is 262 g/mol. The molecular formula is C10H15NO6S. The first-order valence-corrected chi connectivity index (χ1v) is 7.07. The van der Waals surface area contributed by atoms with Crippen LogP contribution in [0.2, 0.25) is 0 Å². The summed E-state index contributed by atoms with van der Waals surface area (Å²) in [7, 11) is -3.86. The Balaban J connectivity index is 2.70. The van der Waals surface area contributed by atoms with E-state index in [4.69, 9.17) is 10.2 Å². The Kier molecular flexibility index (Phi) is 4.71. The van der Waals surface area contributed by atoms with Crippen molar-refractivity contribution in [3.05, 3.63) is 11.8 Å². The van der Waals surface area contributed by atoms with Crippen LogP contribution in [0.1, 0.15) is 32.1 Å². The molecule has 102 valence electrons. The smallest absolute Gasteiger partial charge is 0.332 e. The van der Waals surface area contributed by atoms with Crippen LogP contribution in [0.5, 0.6) is 0 Å². The van der Waals surface area contributed by atoms with Crippen molar-refractivity contribution in [3.8, 4) is 0 Å². The van der Waals surface area contributed by atoms with Crippen LogP contribution in [-0.4, -0.2) is 35.8 Å². The van der Waals surface area contributed by atoms with Gasteiger partial charge in [0.05, 0.1) is 11.3 Å². The SMILES string of the molecule is O=C(O)/C=C(\O)C(=O)NS(=O)(=O)C1CCCCC1. The van der Waals surface area contributed by atoms with E-state index >= 15 is 0 Å². The molecule has 0 aromatic carbocycles. The van der Waals surface area contributed by atoms with Crippen molar-refractivity contribution in [2.75, 3.05) is 0 Å². The first-order chi connectivity index (χ1) is 8.33.